The number of aromatic nitrogens is 2. The number of hydrogen-bond donors (Lipinski definition) is 1. The first kappa shape index (κ1) is 15.2. The summed E-state index contributed by atoms with van der Waals surface area (Å²) >= 11 is 0. The molecule has 1 aromatic rings. The fraction of sp³-hybridized carbons (Fsp3) is 0.600. The first-order valence-electron chi connectivity index (χ1n) is 5.20. The maximum absolute atomic E-state index is 5.83. The highest BCUT2D eigenvalue weighted by Crippen LogP contribution is 1.97. The van der Waals surface area contributed by atoms with Crippen LogP contribution in [0.5, 0.6) is 0 Å². The lowest BCUT2D eigenvalue weighted by atomic mass is 10.4. The second-order valence-electron chi connectivity index (χ2n) is 3.33. The minimum Gasteiger partial charge on any atom is -0.370 e. The van der Waals surface area contributed by atoms with Crippen molar-refractivity contribution in [2.24, 2.45) is 17.8 Å². The van der Waals surface area contributed by atoms with Crippen molar-refractivity contribution < 1.29 is 0 Å². The summed E-state index contributed by atoms with van der Waals surface area (Å²) in [6, 6.07) is 1.94. The fourth-order valence-electron chi connectivity index (χ4n) is 1.36. The minimum absolute atomic E-state index is 0. The van der Waals surface area contributed by atoms with E-state index in [2.05, 4.69) is 23.9 Å². The molecule has 0 saturated heterocycles. The van der Waals surface area contributed by atoms with E-state index in [-0.39, 0.29) is 24.0 Å². The van der Waals surface area contributed by atoms with Crippen LogP contribution in [-0.4, -0.2) is 33.7 Å². The van der Waals surface area contributed by atoms with Gasteiger partial charge in [0.25, 0.3) is 0 Å². The van der Waals surface area contributed by atoms with Crippen LogP contribution in [0.1, 0.15) is 19.5 Å². The maximum atomic E-state index is 5.83. The zero-order chi connectivity index (χ0) is 11.3. The standard InChI is InChI=1S/C10H19N5.HI/c1-4-15(5-2)10(11)12-8-9-6-7-14(3)13-9;/h6-7H,4-5,8H2,1-3H3,(H2,11,12);1H. The van der Waals surface area contributed by atoms with E-state index in [1.165, 1.54) is 0 Å². The number of aliphatic imine (C=N–C) groups is 1. The molecule has 0 unspecified atom stereocenters. The van der Waals surface area contributed by atoms with Gasteiger partial charge in [0, 0.05) is 26.3 Å². The Bertz CT molecular complexity index is 330. The Morgan fingerprint density at radius 1 is 1.50 bits per heavy atom. The van der Waals surface area contributed by atoms with E-state index in [1.807, 2.05) is 24.2 Å². The lowest BCUT2D eigenvalue weighted by Crippen LogP contribution is -2.37. The molecule has 0 bridgehead atoms. The summed E-state index contributed by atoms with van der Waals surface area (Å²) in [5, 5.41) is 4.23. The molecule has 16 heavy (non-hydrogen) atoms. The number of halogens is 1. The molecule has 92 valence electrons. The van der Waals surface area contributed by atoms with E-state index in [0.29, 0.717) is 12.5 Å². The third kappa shape index (κ3) is 4.38. The SMILES string of the molecule is CCN(CC)C(N)=NCc1ccn(C)n1.I. The molecule has 0 fully saturated rings. The molecule has 0 aliphatic rings. The van der Waals surface area contributed by atoms with Gasteiger partial charge in [-0.2, -0.15) is 5.10 Å². The Balaban J connectivity index is 0.00000225. The molecule has 0 aromatic carbocycles. The number of nitrogens with two attached hydrogens (primary N) is 1. The quantitative estimate of drug-likeness (QED) is 0.510. The highest BCUT2D eigenvalue weighted by molar-refractivity contribution is 14.0. The van der Waals surface area contributed by atoms with Crippen LogP contribution < -0.4 is 5.73 Å². The molecule has 0 saturated carbocycles. The molecule has 1 heterocycles. The summed E-state index contributed by atoms with van der Waals surface area (Å²) in [5.41, 5.74) is 6.77. The third-order valence-electron chi connectivity index (χ3n) is 2.26. The molecule has 6 heteroatoms. The normalized spacial score (nSPS) is 11.1. The molecule has 0 atom stereocenters. The molecule has 0 aliphatic carbocycles. The number of guanidine groups is 1. The van der Waals surface area contributed by atoms with Gasteiger partial charge in [0.1, 0.15) is 0 Å². The van der Waals surface area contributed by atoms with Crippen LogP contribution in [0, 0.1) is 0 Å². The number of nitrogens with zero attached hydrogens (tertiary/aromatic N) is 4. The Morgan fingerprint density at radius 3 is 2.56 bits per heavy atom. The van der Waals surface area contributed by atoms with E-state index in [0.717, 1.165) is 18.8 Å². The average molecular weight is 337 g/mol. The van der Waals surface area contributed by atoms with E-state index in [9.17, 15) is 0 Å². The van der Waals surface area contributed by atoms with Crippen LogP contribution in [0.25, 0.3) is 0 Å². The molecular formula is C10H20IN5. The summed E-state index contributed by atoms with van der Waals surface area (Å²) in [4.78, 5) is 6.31. The molecule has 1 rings (SSSR count). The van der Waals surface area contributed by atoms with Gasteiger partial charge in [-0.05, 0) is 19.9 Å². The van der Waals surface area contributed by atoms with Crippen LogP contribution >= 0.6 is 24.0 Å². The Kier molecular flexibility index (Phi) is 7.11. The van der Waals surface area contributed by atoms with Gasteiger partial charge in [0.15, 0.2) is 5.96 Å². The first-order valence-corrected chi connectivity index (χ1v) is 5.20. The topological polar surface area (TPSA) is 59.4 Å². The lowest BCUT2D eigenvalue weighted by molar-refractivity contribution is 0.458. The highest BCUT2D eigenvalue weighted by Gasteiger charge is 2.02. The molecule has 5 nitrogen and oxygen atoms in total. The van der Waals surface area contributed by atoms with Gasteiger partial charge in [-0.15, -0.1) is 24.0 Å². The number of aryl methyl sites for hydroxylation is 1. The predicted molar refractivity (Wildman–Crippen MR) is 76.9 cm³/mol. The smallest absolute Gasteiger partial charge is 0.191 e. The van der Waals surface area contributed by atoms with Gasteiger partial charge >= 0.3 is 0 Å². The highest BCUT2D eigenvalue weighted by atomic mass is 127. The second-order valence-corrected chi connectivity index (χ2v) is 3.33. The van der Waals surface area contributed by atoms with Crippen LogP contribution in [-0.2, 0) is 13.6 Å². The minimum atomic E-state index is 0. The van der Waals surface area contributed by atoms with Gasteiger partial charge < -0.3 is 10.6 Å². The summed E-state index contributed by atoms with van der Waals surface area (Å²) in [6.07, 6.45) is 1.90. The zero-order valence-electron chi connectivity index (χ0n) is 10.1. The lowest BCUT2D eigenvalue weighted by Gasteiger charge is -2.18. The second kappa shape index (κ2) is 7.48. The van der Waals surface area contributed by atoms with E-state index < -0.39 is 0 Å². The van der Waals surface area contributed by atoms with Crippen molar-refractivity contribution in [3.8, 4) is 0 Å². The Labute approximate surface area is 114 Å². The van der Waals surface area contributed by atoms with Crippen molar-refractivity contribution in [1.29, 1.82) is 0 Å². The van der Waals surface area contributed by atoms with Crippen molar-refractivity contribution in [3.05, 3.63) is 18.0 Å². The van der Waals surface area contributed by atoms with E-state index in [1.54, 1.807) is 4.68 Å². The molecule has 0 aliphatic heterocycles. The van der Waals surface area contributed by atoms with Gasteiger partial charge in [0.2, 0.25) is 0 Å². The fourth-order valence-corrected chi connectivity index (χ4v) is 1.36. The van der Waals surface area contributed by atoms with Gasteiger partial charge in [-0.25, -0.2) is 4.99 Å². The van der Waals surface area contributed by atoms with Crippen LogP contribution in [0.2, 0.25) is 0 Å². The molecule has 1 aromatic heterocycles. The Morgan fingerprint density at radius 2 is 2.12 bits per heavy atom. The molecule has 0 radical (unpaired) electrons. The molecule has 2 N–H and O–H groups in total. The zero-order valence-corrected chi connectivity index (χ0v) is 12.4. The van der Waals surface area contributed by atoms with Crippen LogP contribution in [0.4, 0.5) is 0 Å². The van der Waals surface area contributed by atoms with Crippen LogP contribution in [0.15, 0.2) is 17.3 Å². The summed E-state index contributed by atoms with van der Waals surface area (Å²) < 4.78 is 1.76. The number of hydrogen-bond acceptors (Lipinski definition) is 2. The summed E-state index contributed by atoms with van der Waals surface area (Å²) in [6.45, 7) is 6.44. The van der Waals surface area contributed by atoms with Gasteiger partial charge in [-0.3, -0.25) is 4.68 Å². The van der Waals surface area contributed by atoms with E-state index in [4.69, 9.17) is 5.73 Å². The summed E-state index contributed by atoms with van der Waals surface area (Å²) in [7, 11) is 1.89. The first-order chi connectivity index (χ1) is 7.17. The third-order valence-corrected chi connectivity index (χ3v) is 2.26. The van der Waals surface area contributed by atoms with Crippen molar-refractivity contribution >= 4 is 29.9 Å². The van der Waals surface area contributed by atoms with Crippen molar-refractivity contribution in [3.63, 3.8) is 0 Å². The maximum Gasteiger partial charge on any atom is 0.191 e. The van der Waals surface area contributed by atoms with Crippen molar-refractivity contribution in [1.82, 2.24) is 14.7 Å². The Hall–Kier alpha value is -0.790. The van der Waals surface area contributed by atoms with E-state index >= 15 is 0 Å². The largest absolute Gasteiger partial charge is 0.370 e. The molecule has 0 spiro atoms. The van der Waals surface area contributed by atoms with Crippen LogP contribution in [0.3, 0.4) is 0 Å². The molecule has 0 amide bonds. The van der Waals surface area contributed by atoms with Gasteiger partial charge in [-0.1, -0.05) is 0 Å². The average Bonchev–Trinajstić information content (AvgIpc) is 2.63. The summed E-state index contributed by atoms with van der Waals surface area (Å²) in [5.74, 6) is 0.589. The number of rotatable bonds is 4. The van der Waals surface area contributed by atoms with Crippen molar-refractivity contribution in [2.75, 3.05) is 13.1 Å². The van der Waals surface area contributed by atoms with Crippen molar-refractivity contribution in [2.45, 2.75) is 20.4 Å². The monoisotopic (exact) mass is 337 g/mol. The predicted octanol–water partition coefficient (Wildman–Crippen LogP) is 1.19. The van der Waals surface area contributed by atoms with Gasteiger partial charge in [0.05, 0.1) is 12.2 Å². The molecular weight excluding hydrogens is 317 g/mol.